The van der Waals surface area contributed by atoms with Crippen LogP contribution >= 0.6 is 24.0 Å². The molecule has 28 heavy (non-hydrogen) atoms. The molecule has 5 nitrogen and oxygen atoms in total. The average Bonchev–Trinajstić information content (AvgIpc) is 3.12. The highest BCUT2D eigenvalue weighted by Crippen LogP contribution is 2.31. The second-order valence-electron chi connectivity index (χ2n) is 7.31. The van der Waals surface area contributed by atoms with E-state index in [1.807, 2.05) is 4.90 Å². The fourth-order valence-corrected chi connectivity index (χ4v) is 3.75. The highest BCUT2D eigenvalue weighted by atomic mass is 127. The van der Waals surface area contributed by atoms with Crippen LogP contribution in [-0.4, -0.2) is 49.5 Å². The predicted octanol–water partition coefficient (Wildman–Crippen LogP) is 3.93. The molecule has 0 spiro atoms. The lowest BCUT2D eigenvalue weighted by molar-refractivity contribution is -0.127. The summed E-state index contributed by atoms with van der Waals surface area (Å²) < 4.78 is 0. The zero-order valence-electron chi connectivity index (χ0n) is 17.7. The molecule has 1 aliphatic rings. The summed E-state index contributed by atoms with van der Waals surface area (Å²) >= 11 is 0. The molecule has 2 rings (SSSR count). The van der Waals surface area contributed by atoms with Crippen LogP contribution in [0.4, 0.5) is 0 Å². The summed E-state index contributed by atoms with van der Waals surface area (Å²) in [4.78, 5) is 18.6. The van der Waals surface area contributed by atoms with Crippen LogP contribution in [0.15, 0.2) is 35.3 Å². The molecule has 1 aliphatic heterocycles. The van der Waals surface area contributed by atoms with E-state index in [-0.39, 0.29) is 29.4 Å². The molecule has 2 N–H and O–H groups in total. The number of nitrogens with one attached hydrogen (secondary N) is 2. The maximum Gasteiger partial charge on any atom is 0.222 e. The molecule has 0 unspecified atom stereocenters. The molecule has 1 aromatic rings. The molecule has 1 amide bonds. The number of aliphatic imine (C=N–C) groups is 1. The topological polar surface area (TPSA) is 56.7 Å². The maximum atomic E-state index is 11.7. The fourth-order valence-electron chi connectivity index (χ4n) is 3.75. The molecule has 1 fully saturated rings. The first-order valence-corrected chi connectivity index (χ1v) is 10.5. The molecular weight excluding hydrogens is 463 g/mol. The van der Waals surface area contributed by atoms with Crippen LogP contribution in [0.5, 0.6) is 0 Å². The number of benzene rings is 1. The van der Waals surface area contributed by atoms with Crippen molar-refractivity contribution in [1.29, 1.82) is 0 Å². The van der Waals surface area contributed by atoms with Gasteiger partial charge in [-0.1, -0.05) is 44.2 Å². The van der Waals surface area contributed by atoms with Crippen molar-refractivity contribution in [3.8, 4) is 0 Å². The molecule has 1 heterocycles. The van der Waals surface area contributed by atoms with E-state index in [0.29, 0.717) is 12.3 Å². The van der Waals surface area contributed by atoms with Gasteiger partial charge in [0, 0.05) is 38.0 Å². The van der Waals surface area contributed by atoms with Gasteiger partial charge in [-0.05, 0) is 38.2 Å². The Morgan fingerprint density at radius 1 is 1.14 bits per heavy atom. The lowest BCUT2D eigenvalue weighted by Crippen LogP contribution is -2.40. The van der Waals surface area contributed by atoms with Gasteiger partial charge >= 0.3 is 0 Å². The Labute approximate surface area is 187 Å². The first-order valence-electron chi connectivity index (χ1n) is 10.5. The van der Waals surface area contributed by atoms with E-state index in [2.05, 4.69) is 61.7 Å². The summed E-state index contributed by atoms with van der Waals surface area (Å²) in [5.41, 5.74) is 1.44. The third kappa shape index (κ3) is 6.94. The van der Waals surface area contributed by atoms with E-state index < -0.39 is 0 Å². The van der Waals surface area contributed by atoms with Gasteiger partial charge in [0.2, 0.25) is 5.91 Å². The molecule has 0 aromatic heterocycles. The molecule has 1 saturated heterocycles. The number of hydrogen-bond donors (Lipinski definition) is 2. The van der Waals surface area contributed by atoms with Gasteiger partial charge in [0.25, 0.3) is 0 Å². The van der Waals surface area contributed by atoms with E-state index in [1.54, 1.807) is 0 Å². The Balaban J connectivity index is 0.00000392. The third-order valence-electron chi connectivity index (χ3n) is 5.69. The molecule has 158 valence electrons. The molecule has 0 atom stereocenters. The standard InChI is InChI=1S/C22H36N4O.HI/c1-4-22(5-2,19-12-8-7-9-13-19)18-25-21(23-6-3)24-15-11-17-26-16-10-14-20(26)27;/h7-9,12-13H,4-6,10-11,14-18H2,1-3H3,(H2,23,24,25);1H. The van der Waals surface area contributed by atoms with Gasteiger partial charge in [-0.3, -0.25) is 9.79 Å². The first kappa shape index (κ1) is 24.7. The molecule has 1 aromatic carbocycles. The fraction of sp³-hybridized carbons (Fsp3) is 0.636. The summed E-state index contributed by atoms with van der Waals surface area (Å²) in [5, 5.41) is 6.78. The normalized spacial score (nSPS) is 14.8. The number of rotatable bonds is 10. The van der Waals surface area contributed by atoms with Crippen molar-refractivity contribution in [2.24, 2.45) is 4.99 Å². The number of guanidine groups is 1. The maximum absolute atomic E-state index is 11.7. The lowest BCUT2D eigenvalue weighted by Gasteiger charge is -2.31. The van der Waals surface area contributed by atoms with Crippen molar-refractivity contribution < 1.29 is 4.79 Å². The molecule has 0 aliphatic carbocycles. The number of hydrogen-bond acceptors (Lipinski definition) is 2. The lowest BCUT2D eigenvalue weighted by atomic mass is 9.76. The average molecular weight is 500 g/mol. The van der Waals surface area contributed by atoms with E-state index >= 15 is 0 Å². The van der Waals surface area contributed by atoms with Crippen molar-refractivity contribution in [3.05, 3.63) is 35.9 Å². The minimum Gasteiger partial charge on any atom is -0.357 e. The van der Waals surface area contributed by atoms with E-state index in [1.165, 1.54) is 5.56 Å². The smallest absolute Gasteiger partial charge is 0.222 e. The predicted molar refractivity (Wildman–Crippen MR) is 129 cm³/mol. The summed E-state index contributed by atoms with van der Waals surface area (Å²) in [7, 11) is 0. The number of likely N-dealkylation sites (tertiary alicyclic amines) is 1. The molecule has 0 bridgehead atoms. The van der Waals surface area contributed by atoms with Gasteiger partial charge in [0.15, 0.2) is 5.96 Å². The summed E-state index contributed by atoms with van der Waals surface area (Å²) in [6, 6.07) is 10.7. The third-order valence-corrected chi connectivity index (χ3v) is 5.69. The van der Waals surface area contributed by atoms with Crippen molar-refractivity contribution in [3.63, 3.8) is 0 Å². The zero-order chi connectivity index (χ0) is 19.5. The van der Waals surface area contributed by atoms with E-state index in [0.717, 1.165) is 64.4 Å². The highest BCUT2D eigenvalue weighted by molar-refractivity contribution is 14.0. The first-order chi connectivity index (χ1) is 13.1. The number of amides is 1. The Morgan fingerprint density at radius 2 is 1.86 bits per heavy atom. The van der Waals surface area contributed by atoms with Gasteiger partial charge < -0.3 is 15.5 Å². The van der Waals surface area contributed by atoms with Gasteiger partial charge in [-0.25, -0.2) is 0 Å². The van der Waals surface area contributed by atoms with Gasteiger partial charge in [-0.2, -0.15) is 0 Å². The minimum atomic E-state index is 0. The van der Waals surface area contributed by atoms with Gasteiger partial charge in [0.05, 0.1) is 6.54 Å². The van der Waals surface area contributed by atoms with Crippen molar-refractivity contribution in [2.75, 3.05) is 32.7 Å². The Morgan fingerprint density at radius 3 is 2.43 bits per heavy atom. The quantitative estimate of drug-likeness (QED) is 0.222. The monoisotopic (exact) mass is 500 g/mol. The second-order valence-corrected chi connectivity index (χ2v) is 7.31. The van der Waals surface area contributed by atoms with Crippen LogP contribution in [0.2, 0.25) is 0 Å². The van der Waals surface area contributed by atoms with Crippen molar-refractivity contribution in [2.45, 2.75) is 58.3 Å². The van der Waals surface area contributed by atoms with Crippen LogP contribution in [0.1, 0.15) is 58.4 Å². The van der Waals surface area contributed by atoms with E-state index in [9.17, 15) is 4.79 Å². The van der Waals surface area contributed by atoms with Crippen LogP contribution in [0, 0.1) is 0 Å². The van der Waals surface area contributed by atoms with Crippen LogP contribution < -0.4 is 10.6 Å². The Bertz CT molecular complexity index is 602. The Hall–Kier alpha value is -1.31. The molecule has 6 heteroatoms. The number of halogens is 1. The molecular formula is C22H37IN4O. The van der Waals surface area contributed by atoms with E-state index in [4.69, 9.17) is 4.99 Å². The SMILES string of the molecule is CCNC(=NCC(CC)(CC)c1ccccc1)NCCCN1CCCC1=O.I. The molecule has 0 saturated carbocycles. The number of nitrogens with zero attached hydrogens (tertiary/aromatic N) is 2. The number of carbonyl (C=O) groups is 1. The minimum absolute atomic E-state index is 0. The van der Waals surface area contributed by atoms with Crippen LogP contribution in [0.3, 0.4) is 0 Å². The second kappa shape index (κ2) is 13.0. The van der Waals surface area contributed by atoms with Crippen molar-refractivity contribution >= 4 is 35.8 Å². The van der Waals surface area contributed by atoms with Crippen LogP contribution in [0.25, 0.3) is 0 Å². The number of carbonyl (C=O) groups excluding carboxylic acids is 1. The zero-order valence-corrected chi connectivity index (χ0v) is 20.0. The summed E-state index contributed by atoms with van der Waals surface area (Å²) in [6.45, 7) is 10.8. The largest absolute Gasteiger partial charge is 0.357 e. The highest BCUT2D eigenvalue weighted by Gasteiger charge is 2.28. The molecule has 0 radical (unpaired) electrons. The van der Waals surface area contributed by atoms with Gasteiger partial charge in [-0.15, -0.1) is 24.0 Å². The Kier molecular flexibility index (Phi) is 11.5. The van der Waals surface area contributed by atoms with Crippen molar-refractivity contribution in [1.82, 2.24) is 15.5 Å². The summed E-state index contributed by atoms with van der Waals surface area (Å²) in [5.74, 6) is 1.17. The van der Waals surface area contributed by atoms with Crippen LogP contribution in [-0.2, 0) is 10.2 Å². The summed E-state index contributed by atoms with van der Waals surface area (Å²) in [6.07, 6.45) is 4.79. The van der Waals surface area contributed by atoms with Gasteiger partial charge in [0.1, 0.15) is 0 Å².